The SMILES string of the molecule is CC(C)C=NNC(=O)c1sc2ccccc2c1Cl. The van der Waals surface area contributed by atoms with Crippen molar-refractivity contribution in [3.63, 3.8) is 0 Å². The van der Waals surface area contributed by atoms with Crippen LogP contribution in [0.5, 0.6) is 0 Å². The van der Waals surface area contributed by atoms with Crippen molar-refractivity contribution in [1.82, 2.24) is 5.43 Å². The molecule has 0 fully saturated rings. The number of fused-ring (bicyclic) bond motifs is 1. The second kappa shape index (κ2) is 5.50. The molecule has 94 valence electrons. The van der Waals surface area contributed by atoms with E-state index in [2.05, 4.69) is 10.5 Å². The molecule has 1 N–H and O–H groups in total. The van der Waals surface area contributed by atoms with Crippen molar-refractivity contribution >= 4 is 45.1 Å². The van der Waals surface area contributed by atoms with Crippen LogP contribution in [0.1, 0.15) is 23.5 Å². The molecular weight excluding hydrogens is 268 g/mol. The van der Waals surface area contributed by atoms with E-state index in [4.69, 9.17) is 11.6 Å². The van der Waals surface area contributed by atoms with E-state index < -0.39 is 0 Å². The molecule has 0 aliphatic carbocycles. The molecule has 1 aromatic heterocycles. The highest BCUT2D eigenvalue weighted by atomic mass is 35.5. The van der Waals surface area contributed by atoms with Gasteiger partial charge in [-0.1, -0.05) is 43.6 Å². The molecular formula is C13H13ClN2OS. The predicted octanol–water partition coefficient (Wildman–Crippen LogP) is 3.93. The number of hydrazone groups is 1. The number of benzene rings is 1. The maximum atomic E-state index is 11.9. The van der Waals surface area contributed by atoms with Gasteiger partial charge < -0.3 is 0 Å². The summed E-state index contributed by atoms with van der Waals surface area (Å²) in [6, 6.07) is 7.68. The summed E-state index contributed by atoms with van der Waals surface area (Å²) in [5.74, 6) is 0.0290. The van der Waals surface area contributed by atoms with E-state index in [-0.39, 0.29) is 5.91 Å². The van der Waals surface area contributed by atoms with Gasteiger partial charge >= 0.3 is 0 Å². The molecule has 0 unspecified atom stereocenters. The fraction of sp³-hybridized carbons (Fsp3) is 0.231. The maximum Gasteiger partial charge on any atom is 0.282 e. The van der Waals surface area contributed by atoms with Crippen molar-refractivity contribution < 1.29 is 4.79 Å². The fourth-order valence-electron chi connectivity index (χ4n) is 1.46. The largest absolute Gasteiger partial charge is 0.282 e. The summed E-state index contributed by atoms with van der Waals surface area (Å²) >= 11 is 7.56. The van der Waals surface area contributed by atoms with Crippen molar-refractivity contribution in [3.8, 4) is 0 Å². The summed E-state index contributed by atoms with van der Waals surface area (Å²) in [5.41, 5.74) is 2.49. The third-order valence-electron chi connectivity index (χ3n) is 2.28. The van der Waals surface area contributed by atoms with Crippen molar-refractivity contribution in [2.75, 3.05) is 0 Å². The molecule has 0 saturated heterocycles. The minimum atomic E-state index is -0.266. The minimum Gasteiger partial charge on any atom is -0.266 e. The van der Waals surface area contributed by atoms with Crippen LogP contribution in [0.3, 0.4) is 0 Å². The van der Waals surface area contributed by atoms with Crippen molar-refractivity contribution in [2.45, 2.75) is 13.8 Å². The lowest BCUT2D eigenvalue weighted by molar-refractivity contribution is 0.0959. The Morgan fingerprint density at radius 1 is 1.44 bits per heavy atom. The van der Waals surface area contributed by atoms with Crippen molar-refractivity contribution in [1.29, 1.82) is 0 Å². The Morgan fingerprint density at radius 2 is 2.17 bits per heavy atom. The van der Waals surface area contributed by atoms with Gasteiger partial charge in [-0.25, -0.2) is 5.43 Å². The van der Waals surface area contributed by atoms with Crippen LogP contribution in [0.4, 0.5) is 0 Å². The van der Waals surface area contributed by atoms with Gasteiger partial charge in [-0.3, -0.25) is 4.79 Å². The normalized spacial score (nSPS) is 11.6. The number of hydrogen-bond acceptors (Lipinski definition) is 3. The Hall–Kier alpha value is -1.39. The van der Waals surface area contributed by atoms with Crippen molar-refractivity contribution in [2.24, 2.45) is 11.0 Å². The number of rotatable bonds is 3. The smallest absolute Gasteiger partial charge is 0.266 e. The Balaban J connectivity index is 2.25. The number of nitrogens with one attached hydrogen (secondary N) is 1. The zero-order chi connectivity index (χ0) is 13.1. The van der Waals surface area contributed by atoms with Gasteiger partial charge in [-0.05, 0) is 12.0 Å². The van der Waals surface area contributed by atoms with Gasteiger partial charge in [0.1, 0.15) is 4.88 Å². The zero-order valence-corrected chi connectivity index (χ0v) is 11.7. The molecule has 0 radical (unpaired) electrons. The van der Waals surface area contributed by atoms with Crippen LogP contribution in [0.15, 0.2) is 29.4 Å². The summed E-state index contributed by atoms with van der Waals surface area (Å²) in [6.45, 7) is 3.98. The first-order valence-corrected chi connectivity index (χ1v) is 6.79. The van der Waals surface area contributed by atoms with Crippen LogP contribution in [0.25, 0.3) is 10.1 Å². The van der Waals surface area contributed by atoms with E-state index in [1.54, 1.807) is 6.21 Å². The molecule has 1 aromatic carbocycles. The van der Waals surface area contributed by atoms with Crippen LogP contribution < -0.4 is 5.43 Å². The second-order valence-electron chi connectivity index (χ2n) is 4.20. The van der Waals surface area contributed by atoms with Crippen LogP contribution in [0.2, 0.25) is 5.02 Å². The summed E-state index contributed by atoms with van der Waals surface area (Å²) in [7, 11) is 0. The highest BCUT2D eigenvalue weighted by molar-refractivity contribution is 7.21. The van der Waals surface area contributed by atoms with E-state index in [1.807, 2.05) is 38.1 Å². The second-order valence-corrected chi connectivity index (χ2v) is 5.63. The highest BCUT2D eigenvalue weighted by Gasteiger charge is 2.16. The lowest BCUT2D eigenvalue weighted by Gasteiger charge is -1.98. The van der Waals surface area contributed by atoms with Crippen molar-refractivity contribution in [3.05, 3.63) is 34.2 Å². The molecule has 18 heavy (non-hydrogen) atoms. The lowest BCUT2D eigenvalue weighted by atomic mass is 10.2. The van der Waals surface area contributed by atoms with Gasteiger partial charge in [-0.15, -0.1) is 11.3 Å². The van der Waals surface area contributed by atoms with E-state index >= 15 is 0 Å². The quantitative estimate of drug-likeness (QED) is 0.672. The van der Waals surface area contributed by atoms with Gasteiger partial charge in [0.05, 0.1) is 5.02 Å². The highest BCUT2D eigenvalue weighted by Crippen LogP contribution is 2.34. The molecule has 5 heteroatoms. The Bertz CT molecular complexity index is 604. The first kappa shape index (κ1) is 13.1. The molecule has 2 aromatic rings. The summed E-state index contributed by atoms with van der Waals surface area (Å²) in [4.78, 5) is 12.4. The van der Waals surface area contributed by atoms with Gasteiger partial charge in [-0.2, -0.15) is 5.10 Å². The fourth-order valence-corrected chi connectivity index (χ4v) is 2.86. The lowest BCUT2D eigenvalue weighted by Crippen LogP contribution is -2.17. The molecule has 0 aliphatic heterocycles. The van der Waals surface area contributed by atoms with Crippen LogP contribution in [-0.2, 0) is 0 Å². The number of carbonyl (C=O) groups excluding carboxylic acids is 1. The van der Waals surface area contributed by atoms with E-state index in [1.165, 1.54) is 11.3 Å². The maximum absolute atomic E-state index is 11.9. The molecule has 0 aliphatic rings. The minimum absolute atomic E-state index is 0.266. The number of hydrogen-bond donors (Lipinski definition) is 1. The van der Waals surface area contributed by atoms with E-state index in [0.717, 1.165) is 10.1 Å². The molecule has 2 rings (SSSR count). The van der Waals surface area contributed by atoms with Gasteiger partial charge in [0, 0.05) is 16.3 Å². The van der Waals surface area contributed by atoms with Gasteiger partial charge in [0.25, 0.3) is 5.91 Å². The molecule has 0 bridgehead atoms. The number of carbonyl (C=O) groups is 1. The third kappa shape index (κ3) is 2.71. The van der Waals surface area contributed by atoms with Gasteiger partial charge in [0.15, 0.2) is 0 Å². The Kier molecular flexibility index (Phi) is 3.99. The monoisotopic (exact) mass is 280 g/mol. The molecule has 0 spiro atoms. The Labute approximate surface area is 114 Å². The number of amides is 1. The number of halogens is 1. The standard InChI is InChI=1S/C13H13ClN2OS/c1-8(2)7-15-16-13(17)12-11(14)9-5-3-4-6-10(9)18-12/h3-8H,1-2H3,(H,16,17). The molecule has 3 nitrogen and oxygen atoms in total. The van der Waals surface area contributed by atoms with Crippen LogP contribution >= 0.6 is 22.9 Å². The topological polar surface area (TPSA) is 41.5 Å². The predicted molar refractivity (Wildman–Crippen MR) is 77.6 cm³/mol. The van der Waals surface area contributed by atoms with Crippen LogP contribution in [-0.4, -0.2) is 12.1 Å². The number of nitrogens with zero attached hydrogens (tertiary/aromatic N) is 1. The zero-order valence-electron chi connectivity index (χ0n) is 10.1. The first-order chi connectivity index (χ1) is 8.59. The summed E-state index contributed by atoms with van der Waals surface area (Å²) in [5, 5.41) is 5.28. The molecule has 0 atom stereocenters. The summed E-state index contributed by atoms with van der Waals surface area (Å²) < 4.78 is 1.00. The molecule has 1 amide bonds. The Morgan fingerprint density at radius 3 is 2.83 bits per heavy atom. The van der Waals surface area contributed by atoms with E-state index in [9.17, 15) is 4.79 Å². The average molecular weight is 281 g/mol. The van der Waals surface area contributed by atoms with Crippen LogP contribution in [0, 0.1) is 5.92 Å². The third-order valence-corrected chi connectivity index (χ3v) is 3.95. The first-order valence-electron chi connectivity index (χ1n) is 5.60. The average Bonchev–Trinajstić information content (AvgIpc) is 2.67. The molecule has 0 saturated carbocycles. The summed E-state index contributed by atoms with van der Waals surface area (Å²) in [6.07, 6.45) is 1.68. The molecule has 1 heterocycles. The van der Waals surface area contributed by atoms with E-state index in [0.29, 0.717) is 15.8 Å². The number of thiophene rings is 1. The van der Waals surface area contributed by atoms with Gasteiger partial charge in [0.2, 0.25) is 0 Å².